The Bertz CT molecular complexity index is 2140. The molecule has 0 N–H and O–H groups in total. The quantitative estimate of drug-likeness (QED) is 0.233. The molecule has 0 spiro atoms. The van der Waals surface area contributed by atoms with Crippen LogP contribution in [0.4, 0.5) is 11.9 Å². The second-order valence-electron chi connectivity index (χ2n) is 9.95. The zero-order valence-electron chi connectivity index (χ0n) is 24.6. The molecule has 0 aliphatic heterocycles. The molecule has 0 saturated carbocycles. The lowest BCUT2D eigenvalue weighted by Crippen LogP contribution is -2.32. The molecular formula is C30H28N10O2S2. The predicted molar refractivity (Wildman–Crippen MR) is 177 cm³/mol. The van der Waals surface area contributed by atoms with E-state index in [4.69, 9.17) is 9.97 Å². The van der Waals surface area contributed by atoms with Gasteiger partial charge in [-0.2, -0.15) is 0 Å². The first kappa shape index (κ1) is 28.0. The first-order valence-electron chi connectivity index (χ1n) is 14.4. The maximum Gasteiger partial charge on any atom is 0.277 e. The Kier molecular flexibility index (Phi) is 7.01. The Hall–Kier alpha value is -4.82. The molecule has 7 rings (SSSR count). The van der Waals surface area contributed by atoms with Crippen molar-refractivity contribution >= 4 is 75.7 Å². The van der Waals surface area contributed by atoms with Gasteiger partial charge in [0.05, 0.1) is 11.4 Å². The predicted octanol–water partition coefficient (Wildman–Crippen LogP) is 4.79. The lowest BCUT2D eigenvalue weighted by atomic mass is 10.2. The molecule has 222 valence electrons. The smallest absolute Gasteiger partial charge is 0.277 e. The second-order valence-corrected chi connectivity index (χ2v) is 11.9. The Balaban J connectivity index is 1.44. The Morgan fingerprint density at radius 2 is 0.932 bits per heavy atom. The molecule has 0 aliphatic carbocycles. The number of hydrogen-bond donors (Lipinski definition) is 0. The number of fused-ring (bicyclic) bond motifs is 6. The van der Waals surface area contributed by atoms with Crippen LogP contribution in [0, 0.1) is 0 Å². The van der Waals surface area contributed by atoms with Gasteiger partial charge < -0.3 is 9.80 Å². The van der Waals surface area contributed by atoms with E-state index in [1.54, 1.807) is 33.9 Å². The number of hydrogen-bond acceptors (Lipinski definition) is 12. The summed E-state index contributed by atoms with van der Waals surface area (Å²) in [5, 5.41) is 0. The first-order chi connectivity index (χ1) is 21.5. The summed E-state index contributed by atoms with van der Waals surface area (Å²) in [4.78, 5) is 61.3. The van der Waals surface area contributed by atoms with E-state index in [0.29, 0.717) is 90.6 Å². The number of aromatic nitrogens is 8. The average Bonchev–Trinajstić information content (AvgIpc) is 3.62. The zero-order chi connectivity index (χ0) is 30.5. The molecule has 0 radical (unpaired) electrons. The van der Waals surface area contributed by atoms with Crippen molar-refractivity contribution < 1.29 is 0 Å². The molecule has 6 heterocycles. The third kappa shape index (κ3) is 4.24. The average molecular weight is 625 g/mol. The largest absolute Gasteiger partial charge is 0.342 e. The molecule has 0 saturated heterocycles. The van der Waals surface area contributed by atoms with Crippen molar-refractivity contribution in [1.29, 1.82) is 0 Å². The van der Waals surface area contributed by atoms with Gasteiger partial charge in [-0.05, 0) is 52.0 Å². The third-order valence-electron chi connectivity index (χ3n) is 7.68. The number of thiophene rings is 2. The maximum absolute atomic E-state index is 14.1. The minimum absolute atomic E-state index is 0.191. The Morgan fingerprint density at radius 1 is 0.568 bits per heavy atom. The monoisotopic (exact) mass is 624 g/mol. The van der Waals surface area contributed by atoms with E-state index in [9.17, 15) is 9.59 Å². The van der Waals surface area contributed by atoms with E-state index in [2.05, 4.69) is 19.9 Å². The molecule has 6 aromatic heterocycles. The van der Waals surface area contributed by atoms with Crippen LogP contribution in [0.5, 0.6) is 0 Å². The molecule has 0 atom stereocenters. The van der Waals surface area contributed by atoms with E-state index in [1.165, 1.54) is 22.7 Å². The lowest BCUT2D eigenvalue weighted by Gasteiger charge is -2.25. The van der Waals surface area contributed by atoms with Crippen molar-refractivity contribution in [3.8, 4) is 11.4 Å². The lowest BCUT2D eigenvalue weighted by molar-refractivity contribution is 0.783. The number of benzene rings is 1. The van der Waals surface area contributed by atoms with E-state index in [-0.39, 0.29) is 11.1 Å². The summed E-state index contributed by atoms with van der Waals surface area (Å²) in [6.45, 7) is 10.8. The minimum atomic E-state index is -0.191. The van der Waals surface area contributed by atoms with Gasteiger partial charge in [-0.1, -0.05) is 0 Å². The van der Waals surface area contributed by atoms with Gasteiger partial charge in [0.25, 0.3) is 11.1 Å². The normalized spacial score (nSPS) is 11.7. The number of nitrogens with zero attached hydrogens (tertiary/aromatic N) is 10. The van der Waals surface area contributed by atoms with Gasteiger partial charge in [0.15, 0.2) is 0 Å². The van der Waals surface area contributed by atoms with E-state index >= 15 is 0 Å². The van der Waals surface area contributed by atoms with Gasteiger partial charge in [-0.15, -0.1) is 22.7 Å². The third-order valence-corrected chi connectivity index (χ3v) is 9.81. The second kappa shape index (κ2) is 11.0. The molecule has 0 unspecified atom stereocenters. The molecular weight excluding hydrogens is 597 g/mol. The molecule has 0 fully saturated rings. The Labute approximate surface area is 258 Å². The highest BCUT2D eigenvalue weighted by Gasteiger charge is 2.23. The van der Waals surface area contributed by atoms with Crippen LogP contribution < -0.4 is 20.9 Å². The van der Waals surface area contributed by atoms with Gasteiger partial charge >= 0.3 is 0 Å². The van der Waals surface area contributed by atoms with Crippen molar-refractivity contribution in [2.75, 3.05) is 36.0 Å². The van der Waals surface area contributed by atoms with Crippen LogP contribution in [-0.4, -0.2) is 65.2 Å². The van der Waals surface area contributed by atoms with Crippen LogP contribution >= 0.6 is 22.7 Å². The highest BCUT2D eigenvalue weighted by molar-refractivity contribution is 7.25. The van der Waals surface area contributed by atoms with Crippen molar-refractivity contribution in [3.05, 3.63) is 69.8 Å². The first-order valence-corrected chi connectivity index (χ1v) is 16.0. The van der Waals surface area contributed by atoms with Gasteiger partial charge in [0, 0.05) is 51.0 Å². The fourth-order valence-electron chi connectivity index (χ4n) is 5.47. The molecule has 1 aromatic carbocycles. The summed E-state index contributed by atoms with van der Waals surface area (Å²) in [6, 6.07) is 7.38. The van der Waals surface area contributed by atoms with Crippen molar-refractivity contribution in [3.63, 3.8) is 0 Å². The van der Waals surface area contributed by atoms with Crippen LogP contribution in [0.2, 0.25) is 0 Å². The van der Waals surface area contributed by atoms with Crippen molar-refractivity contribution in [2.24, 2.45) is 0 Å². The van der Waals surface area contributed by atoms with E-state index < -0.39 is 0 Å². The Morgan fingerprint density at radius 3 is 1.30 bits per heavy atom. The van der Waals surface area contributed by atoms with Crippen molar-refractivity contribution in [1.82, 2.24) is 39.0 Å². The fraction of sp³-hybridized carbons (Fsp3) is 0.267. The van der Waals surface area contributed by atoms with E-state index in [0.717, 1.165) is 0 Å². The number of anilines is 2. The van der Waals surface area contributed by atoms with Crippen LogP contribution in [0.15, 0.2) is 58.6 Å². The highest BCUT2D eigenvalue weighted by atomic mass is 32.1. The summed E-state index contributed by atoms with van der Waals surface area (Å²) in [7, 11) is 0. The molecule has 14 heteroatoms. The summed E-state index contributed by atoms with van der Waals surface area (Å²) < 4.78 is 4.25. The SMILES string of the molecule is CCN(CC)c1nc2c(sc3nccnc32)c(=O)n1-c1ccc(-n2c(N(CC)CC)nc3c(sc4nccnc43)c2=O)cc1. The van der Waals surface area contributed by atoms with Crippen molar-refractivity contribution in [2.45, 2.75) is 27.7 Å². The minimum Gasteiger partial charge on any atom is -0.342 e. The highest BCUT2D eigenvalue weighted by Crippen LogP contribution is 2.32. The van der Waals surface area contributed by atoms with E-state index in [1.807, 2.05) is 61.8 Å². The molecule has 7 aromatic rings. The molecule has 12 nitrogen and oxygen atoms in total. The van der Waals surface area contributed by atoms with Crippen LogP contribution in [0.1, 0.15) is 27.7 Å². The van der Waals surface area contributed by atoms with Gasteiger partial charge in [-0.3, -0.25) is 9.59 Å². The summed E-state index contributed by atoms with van der Waals surface area (Å²) >= 11 is 2.58. The summed E-state index contributed by atoms with van der Waals surface area (Å²) in [5.41, 5.74) is 3.24. The van der Waals surface area contributed by atoms with Crippen LogP contribution in [-0.2, 0) is 0 Å². The fourth-order valence-corrected chi connectivity index (χ4v) is 7.41. The summed E-state index contributed by atoms with van der Waals surface area (Å²) in [6.07, 6.45) is 6.47. The maximum atomic E-state index is 14.1. The molecule has 0 bridgehead atoms. The standard InChI is InChI=1S/C30H28N10O2S2/c1-5-37(6-2)29-35-19-21-25(33-15-13-31-21)43-23(19)27(41)39(29)17-9-11-18(12-10-17)40-28(42)24-20(36-30(40)38(7-3)8-4)22-26(44-24)34-16-14-32-22/h9-16H,5-8H2,1-4H3. The van der Waals surface area contributed by atoms with Gasteiger partial charge in [0.2, 0.25) is 11.9 Å². The number of rotatable bonds is 8. The molecule has 0 aliphatic rings. The summed E-state index contributed by atoms with van der Waals surface area (Å²) in [5.74, 6) is 1.06. The molecule has 44 heavy (non-hydrogen) atoms. The van der Waals surface area contributed by atoms with Crippen LogP contribution in [0.25, 0.3) is 52.5 Å². The van der Waals surface area contributed by atoms with Crippen LogP contribution in [0.3, 0.4) is 0 Å². The topological polar surface area (TPSA) is 128 Å². The van der Waals surface area contributed by atoms with Gasteiger partial charge in [-0.25, -0.2) is 39.0 Å². The van der Waals surface area contributed by atoms with Gasteiger partial charge in [0.1, 0.15) is 41.1 Å². The molecule has 0 amide bonds. The zero-order valence-corrected chi connectivity index (χ0v) is 26.2.